The Bertz CT molecular complexity index is 1130. The van der Waals surface area contributed by atoms with Gasteiger partial charge in [-0.15, -0.1) is 0 Å². The van der Waals surface area contributed by atoms with Gasteiger partial charge in [0, 0.05) is 12.8 Å². The van der Waals surface area contributed by atoms with E-state index in [1.807, 2.05) is 0 Å². The number of rotatable bonds is 58. The van der Waals surface area contributed by atoms with Crippen molar-refractivity contribution in [3.8, 4) is 0 Å². The van der Waals surface area contributed by atoms with E-state index in [1.54, 1.807) is 0 Å². The Morgan fingerprint density at radius 2 is 0.714 bits per heavy atom. The van der Waals surface area contributed by atoms with Crippen molar-refractivity contribution in [3.05, 3.63) is 36.5 Å². The molecule has 2 unspecified atom stereocenters. The summed E-state index contributed by atoms with van der Waals surface area (Å²) in [5.74, 6) is -0.0457. The maximum atomic E-state index is 12.5. The van der Waals surface area contributed by atoms with Crippen molar-refractivity contribution in [1.82, 2.24) is 5.32 Å². The molecular weight excluding hydrogens is 863 g/mol. The quantitative estimate of drug-likeness (QED) is 0.0321. The van der Waals surface area contributed by atoms with Crippen LogP contribution in [0.15, 0.2) is 36.5 Å². The first kappa shape index (κ1) is 68.1. The van der Waals surface area contributed by atoms with Crippen LogP contribution in [0.4, 0.5) is 0 Å². The zero-order chi connectivity index (χ0) is 50.7. The van der Waals surface area contributed by atoms with Gasteiger partial charge in [-0.2, -0.15) is 0 Å². The van der Waals surface area contributed by atoms with Gasteiger partial charge in [0.2, 0.25) is 5.91 Å². The number of aliphatic hydroxyl groups is 2. The molecule has 0 aliphatic heterocycles. The maximum absolute atomic E-state index is 12.5. The molecule has 0 spiro atoms. The van der Waals surface area contributed by atoms with E-state index in [4.69, 9.17) is 4.74 Å². The summed E-state index contributed by atoms with van der Waals surface area (Å²) in [5, 5.41) is 23.3. The van der Waals surface area contributed by atoms with Gasteiger partial charge >= 0.3 is 5.97 Å². The van der Waals surface area contributed by atoms with Crippen molar-refractivity contribution in [3.63, 3.8) is 0 Å². The average molecular weight is 985 g/mol. The lowest BCUT2D eigenvalue weighted by Gasteiger charge is -2.22. The largest absolute Gasteiger partial charge is 0.466 e. The van der Waals surface area contributed by atoms with Gasteiger partial charge in [0.25, 0.3) is 0 Å². The van der Waals surface area contributed by atoms with E-state index in [-0.39, 0.29) is 18.5 Å². The Morgan fingerprint density at radius 1 is 0.400 bits per heavy atom. The summed E-state index contributed by atoms with van der Waals surface area (Å²) in [6.45, 7) is 4.94. The molecule has 3 N–H and O–H groups in total. The third-order valence-corrected chi connectivity index (χ3v) is 14.4. The van der Waals surface area contributed by atoms with E-state index in [2.05, 4.69) is 55.6 Å². The van der Waals surface area contributed by atoms with Crippen molar-refractivity contribution in [2.45, 2.75) is 347 Å². The Balaban J connectivity index is 3.46. The Kier molecular flexibility index (Phi) is 58.0. The number of carbonyl (C=O) groups is 2. The summed E-state index contributed by atoms with van der Waals surface area (Å²) >= 11 is 0. The molecular formula is C64H121NO5. The van der Waals surface area contributed by atoms with Crippen LogP contribution in [0.1, 0.15) is 335 Å². The first-order valence-electron chi connectivity index (χ1n) is 31.2. The molecule has 0 aromatic rings. The van der Waals surface area contributed by atoms with Crippen LogP contribution in [0, 0.1) is 0 Å². The SMILES string of the molecule is CCCCCC/C=C\CCCCCCCC(=O)OCCCCCCCCCCC/C=C\C/C=C\CCCCCCCCCC(=O)NC(CO)C(O)CCCCCCCCCCCCCCCCCCC. The minimum absolute atomic E-state index is 0.00213. The van der Waals surface area contributed by atoms with Crippen LogP contribution < -0.4 is 5.32 Å². The molecule has 0 bridgehead atoms. The highest BCUT2D eigenvalue weighted by atomic mass is 16.5. The van der Waals surface area contributed by atoms with Crippen LogP contribution in [0.5, 0.6) is 0 Å². The second-order valence-corrected chi connectivity index (χ2v) is 21.4. The standard InChI is InChI=1S/C64H121NO5/c1-3-5-7-9-11-13-15-17-18-26-29-33-36-40-44-48-52-56-62(67)61(60-66)65-63(68)57-53-49-45-41-37-34-30-27-24-22-20-19-21-23-25-28-31-35-39-43-47-51-55-59-70-64(69)58-54-50-46-42-38-32-16-14-12-10-8-6-4-2/h14,16,19,21-22,24,61-62,66-67H,3-13,15,17-18,20,23,25-60H2,1-2H3,(H,65,68)/b16-14-,21-19-,24-22-. The van der Waals surface area contributed by atoms with Gasteiger partial charge in [-0.1, -0.05) is 275 Å². The Morgan fingerprint density at radius 3 is 1.11 bits per heavy atom. The van der Waals surface area contributed by atoms with Crippen LogP contribution in [-0.4, -0.2) is 47.4 Å². The number of unbranched alkanes of at least 4 members (excludes halogenated alkanes) is 41. The molecule has 1 amide bonds. The van der Waals surface area contributed by atoms with E-state index < -0.39 is 12.1 Å². The van der Waals surface area contributed by atoms with Gasteiger partial charge in [-0.25, -0.2) is 0 Å². The number of carbonyl (C=O) groups excluding carboxylic acids is 2. The highest BCUT2D eigenvalue weighted by molar-refractivity contribution is 5.76. The molecule has 0 heterocycles. The summed E-state index contributed by atoms with van der Waals surface area (Å²) in [4.78, 5) is 24.5. The summed E-state index contributed by atoms with van der Waals surface area (Å²) in [6, 6.07) is -0.550. The topological polar surface area (TPSA) is 95.9 Å². The molecule has 412 valence electrons. The fourth-order valence-corrected chi connectivity index (χ4v) is 9.61. The van der Waals surface area contributed by atoms with E-state index in [0.29, 0.717) is 25.9 Å². The van der Waals surface area contributed by atoms with Gasteiger partial charge in [0.15, 0.2) is 0 Å². The van der Waals surface area contributed by atoms with Crippen LogP contribution in [-0.2, 0) is 14.3 Å². The van der Waals surface area contributed by atoms with Crippen molar-refractivity contribution < 1.29 is 24.5 Å². The fourth-order valence-electron chi connectivity index (χ4n) is 9.61. The third-order valence-electron chi connectivity index (χ3n) is 14.4. The van der Waals surface area contributed by atoms with Gasteiger partial charge in [-0.05, 0) is 83.5 Å². The molecule has 0 fully saturated rings. The molecule has 0 saturated carbocycles. The summed E-state index contributed by atoms with van der Waals surface area (Å²) in [6.07, 6.45) is 74.4. The predicted octanol–water partition coefficient (Wildman–Crippen LogP) is 19.6. The van der Waals surface area contributed by atoms with Crippen LogP contribution in [0.25, 0.3) is 0 Å². The second kappa shape index (κ2) is 59.6. The lowest BCUT2D eigenvalue weighted by Crippen LogP contribution is -2.45. The van der Waals surface area contributed by atoms with E-state index >= 15 is 0 Å². The first-order chi connectivity index (χ1) is 34.5. The second-order valence-electron chi connectivity index (χ2n) is 21.4. The maximum Gasteiger partial charge on any atom is 0.305 e. The van der Waals surface area contributed by atoms with Gasteiger partial charge in [0.05, 0.1) is 25.4 Å². The summed E-state index contributed by atoms with van der Waals surface area (Å²) < 4.78 is 5.47. The number of hydrogen-bond donors (Lipinski definition) is 3. The van der Waals surface area contributed by atoms with Crippen molar-refractivity contribution >= 4 is 11.9 Å². The number of ether oxygens (including phenoxy) is 1. The zero-order valence-electron chi connectivity index (χ0n) is 47.0. The highest BCUT2D eigenvalue weighted by Gasteiger charge is 2.20. The minimum atomic E-state index is -0.671. The number of aliphatic hydroxyl groups excluding tert-OH is 2. The van der Waals surface area contributed by atoms with E-state index in [0.717, 1.165) is 57.8 Å². The monoisotopic (exact) mass is 984 g/mol. The van der Waals surface area contributed by atoms with Crippen LogP contribution >= 0.6 is 0 Å². The third kappa shape index (κ3) is 55.4. The normalized spacial score (nSPS) is 12.8. The lowest BCUT2D eigenvalue weighted by molar-refractivity contribution is -0.143. The van der Waals surface area contributed by atoms with Gasteiger partial charge in [0.1, 0.15) is 0 Å². The van der Waals surface area contributed by atoms with E-state index in [9.17, 15) is 19.8 Å². The summed E-state index contributed by atoms with van der Waals surface area (Å²) in [5.41, 5.74) is 0. The lowest BCUT2D eigenvalue weighted by atomic mass is 10.0. The molecule has 0 aromatic carbocycles. The Labute approximate surface area is 436 Å². The highest BCUT2D eigenvalue weighted by Crippen LogP contribution is 2.17. The number of hydrogen-bond acceptors (Lipinski definition) is 5. The number of allylic oxidation sites excluding steroid dienone is 6. The van der Waals surface area contributed by atoms with Crippen molar-refractivity contribution in [1.29, 1.82) is 0 Å². The number of nitrogens with one attached hydrogen (secondary N) is 1. The van der Waals surface area contributed by atoms with Crippen molar-refractivity contribution in [2.24, 2.45) is 0 Å². The molecule has 0 rings (SSSR count). The van der Waals surface area contributed by atoms with Gasteiger partial charge < -0.3 is 20.3 Å². The van der Waals surface area contributed by atoms with Gasteiger partial charge in [-0.3, -0.25) is 9.59 Å². The molecule has 0 aliphatic carbocycles. The molecule has 0 saturated heterocycles. The van der Waals surface area contributed by atoms with E-state index in [1.165, 1.54) is 244 Å². The number of amides is 1. The predicted molar refractivity (Wildman–Crippen MR) is 306 cm³/mol. The van der Waals surface area contributed by atoms with Crippen LogP contribution in [0.2, 0.25) is 0 Å². The molecule has 6 heteroatoms. The molecule has 0 aliphatic rings. The fraction of sp³-hybridized carbons (Fsp3) is 0.875. The molecule has 0 radical (unpaired) electrons. The Hall–Kier alpha value is -1.92. The van der Waals surface area contributed by atoms with Crippen LogP contribution in [0.3, 0.4) is 0 Å². The summed E-state index contributed by atoms with van der Waals surface area (Å²) in [7, 11) is 0. The zero-order valence-corrected chi connectivity index (χ0v) is 47.0. The smallest absolute Gasteiger partial charge is 0.305 e. The average Bonchev–Trinajstić information content (AvgIpc) is 3.36. The number of esters is 1. The first-order valence-corrected chi connectivity index (χ1v) is 31.2. The minimum Gasteiger partial charge on any atom is -0.466 e. The molecule has 0 aromatic heterocycles. The molecule has 6 nitrogen and oxygen atoms in total. The van der Waals surface area contributed by atoms with Crippen molar-refractivity contribution in [2.75, 3.05) is 13.2 Å². The molecule has 2 atom stereocenters. The molecule has 70 heavy (non-hydrogen) atoms.